The van der Waals surface area contributed by atoms with Crippen LogP contribution in [0.5, 0.6) is 0 Å². The molecule has 13 nitrogen and oxygen atoms in total. The van der Waals surface area contributed by atoms with Gasteiger partial charge in [-0.25, -0.2) is 24.9 Å². The average molecular weight is 834 g/mol. The Labute approximate surface area is 365 Å². The first-order chi connectivity index (χ1) is 30.1. The number of H-pyrrole nitrogens is 1. The second-order valence-electron chi connectivity index (χ2n) is 17.4. The number of carbonyl (C=O) groups excluding carboxylic acids is 2. The highest BCUT2D eigenvalue weighted by Crippen LogP contribution is 2.35. The fourth-order valence-corrected chi connectivity index (χ4v) is 8.78. The van der Waals surface area contributed by atoms with Gasteiger partial charge in [0.05, 0.1) is 24.0 Å². The first kappa shape index (κ1) is 42.5. The molecular formula is C49H59N11O2. The van der Waals surface area contributed by atoms with Crippen molar-refractivity contribution in [2.24, 2.45) is 16.8 Å². The molecule has 0 aliphatic carbocycles. The number of carbonyl (C=O) groups is 2. The van der Waals surface area contributed by atoms with Gasteiger partial charge in [-0.05, 0) is 89.3 Å². The van der Waals surface area contributed by atoms with E-state index < -0.39 is 12.1 Å². The third-order valence-electron chi connectivity index (χ3n) is 12.6. The Morgan fingerprint density at radius 2 is 1.11 bits per heavy atom. The molecule has 322 valence electrons. The molecule has 0 unspecified atom stereocenters. The van der Waals surface area contributed by atoms with Gasteiger partial charge in [0.25, 0.3) is 0 Å². The fraction of sp³-hybridized carbons (Fsp3) is 0.429. The van der Waals surface area contributed by atoms with E-state index in [9.17, 15) is 9.59 Å². The van der Waals surface area contributed by atoms with Gasteiger partial charge in [-0.3, -0.25) is 14.6 Å². The number of aliphatic imine (C=N–C) groups is 1. The quantitative estimate of drug-likeness (QED) is 0.0940. The lowest BCUT2D eigenvalue weighted by Crippen LogP contribution is -2.49. The van der Waals surface area contributed by atoms with Crippen molar-refractivity contribution >= 4 is 35.0 Å². The molecule has 3 N–H and O–H groups in total. The van der Waals surface area contributed by atoms with Crippen LogP contribution in [0.25, 0.3) is 28.0 Å². The van der Waals surface area contributed by atoms with E-state index in [4.69, 9.17) is 9.98 Å². The van der Waals surface area contributed by atoms with Crippen molar-refractivity contribution in [2.75, 3.05) is 23.7 Å². The molecule has 8 rings (SSSR count). The molecule has 13 heteroatoms. The Morgan fingerprint density at radius 1 is 0.645 bits per heavy atom. The largest absolute Gasteiger partial charge is 0.342 e. The molecule has 2 fully saturated rings. The van der Waals surface area contributed by atoms with Crippen LogP contribution < -0.4 is 10.6 Å². The highest BCUT2D eigenvalue weighted by Gasteiger charge is 2.39. The lowest BCUT2D eigenvalue weighted by atomic mass is 9.95. The molecule has 4 atom stereocenters. The van der Waals surface area contributed by atoms with Crippen LogP contribution in [0.15, 0.2) is 90.7 Å². The molecule has 2 amide bonds. The number of imidazole rings is 1. The molecule has 2 saturated heterocycles. The summed E-state index contributed by atoms with van der Waals surface area (Å²) in [6.45, 7) is 13.7. The standard InChI is InChI=1S/C49H59N11O2/c1-7-32-24-52-48(53-25-32)57-43(30(3)4)46(61)59-21-9-11-41(59)39-23-38(28-50-39)36-15-13-34(14-16-36)35-17-19-37(20-18-35)40-29-51-45(56-40)42-12-10-22-60(42)47(62)44(31(5)6)58-49-54-26-33(8-2)27-55-49/h13-20,24-31,41-44H,7-12,21-23H2,1-6H3,(H,51,56)(H,52,53,57)(H,54,55,58)/t41-,42-,43-,44-/m0/s1. The van der Waals surface area contributed by atoms with Crippen molar-refractivity contribution in [3.63, 3.8) is 0 Å². The average Bonchev–Trinajstić information content (AvgIpc) is 4.15. The van der Waals surface area contributed by atoms with Gasteiger partial charge >= 0.3 is 0 Å². The van der Waals surface area contributed by atoms with E-state index in [-0.39, 0.29) is 35.7 Å². The fourth-order valence-electron chi connectivity index (χ4n) is 8.78. The van der Waals surface area contributed by atoms with Crippen LogP contribution in [-0.4, -0.2) is 88.4 Å². The van der Waals surface area contributed by atoms with Crippen LogP contribution in [-0.2, 0) is 22.4 Å². The van der Waals surface area contributed by atoms with Gasteiger partial charge in [-0.15, -0.1) is 0 Å². The van der Waals surface area contributed by atoms with Gasteiger partial charge in [-0.1, -0.05) is 90.1 Å². The van der Waals surface area contributed by atoms with Crippen LogP contribution in [0.2, 0.25) is 0 Å². The third-order valence-corrected chi connectivity index (χ3v) is 12.6. The molecule has 0 saturated carbocycles. The zero-order valence-corrected chi connectivity index (χ0v) is 36.8. The summed E-state index contributed by atoms with van der Waals surface area (Å²) in [7, 11) is 0. The molecule has 2 aromatic carbocycles. The minimum Gasteiger partial charge on any atom is -0.342 e. The summed E-state index contributed by atoms with van der Waals surface area (Å²) in [5, 5.41) is 6.63. The Bertz CT molecular complexity index is 2390. The first-order valence-electron chi connectivity index (χ1n) is 22.4. The van der Waals surface area contributed by atoms with Crippen LogP contribution >= 0.6 is 0 Å². The van der Waals surface area contributed by atoms with Crippen molar-refractivity contribution in [3.05, 3.63) is 108 Å². The highest BCUT2D eigenvalue weighted by atomic mass is 16.2. The second-order valence-corrected chi connectivity index (χ2v) is 17.4. The lowest BCUT2D eigenvalue weighted by molar-refractivity contribution is -0.134. The molecule has 3 aliphatic rings. The maximum absolute atomic E-state index is 14.0. The molecule has 3 aliphatic heterocycles. The Hall–Kier alpha value is -6.24. The van der Waals surface area contributed by atoms with Crippen molar-refractivity contribution in [1.29, 1.82) is 0 Å². The zero-order valence-electron chi connectivity index (χ0n) is 36.8. The number of nitrogens with zero attached hydrogens (tertiary/aromatic N) is 8. The molecule has 6 heterocycles. The topological polar surface area (TPSA) is 157 Å². The Kier molecular flexibility index (Phi) is 12.9. The van der Waals surface area contributed by atoms with Gasteiger partial charge in [-0.2, -0.15) is 0 Å². The summed E-state index contributed by atoms with van der Waals surface area (Å²) >= 11 is 0. The van der Waals surface area contributed by atoms with Crippen molar-refractivity contribution < 1.29 is 9.59 Å². The number of anilines is 2. The number of amides is 2. The van der Waals surface area contributed by atoms with Gasteiger partial charge in [0.15, 0.2) is 0 Å². The minimum atomic E-state index is -0.447. The van der Waals surface area contributed by atoms with Gasteiger partial charge in [0, 0.05) is 56.2 Å². The summed E-state index contributed by atoms with van der Waals surface area (Å²) in [6.07, 6.45) is 17.2. The van der Waals surface area contributed by atoms with E-state index in [0.29, 0.717) is 18.4 Å². The summed E-state index contributed by atoms with van der Waals surface area (Å²) in [4.78, 5) is 63.0. The monoisotopic (exact) mass is 833 g/mol. The van der Waals surface area contributed by atoms with E-state index in [1.54, 1.807) is 0 Å². The smallest absolute Gasteiger partial charge is 0.246 e. The lowest BCUT2D eigenvalue weighted by Gasteiger charge is -2.31. The summed E-state index contributed by atoms with van der Waals surface area (Å²) in [5.74, 6) is 1.98. The van der Waals surface area contributed by atoms with Gasteiger partial charge < -0.3 is 25.4 Å². The molecule has 62 heavy (non-hydrogen) atoms. The minimum absolute atomic E-state index is 0.0183. The van der Waals surface area contributed by atoms with E-state index in [2.05, 4.69) is 112 Å². The third kappa shape index (κ3) is 9.17. The highest BCUT2D eigenvalue weighted by molar-refractivity contribution is 6.04. The number of nitrogens with one attached hydrogen (secondary N) is 3. The number of hydrogen-bond donors (Lipinski definition) is 3. The molecule has 0 radical (unpaired) electrons. The van der Waals surface area contributed by atoms with E-state index >= 15 is 0 Å². The van der Waals surface area contributed by atoms with Crippen molar-refractivity contribution in [2.45, 2.75) is 111 Å². The number of rotatable bonds is 15. The predicted octanol–water partition coefficient (Wildman–Crippen LogP) is 8.56. The van der Waals surface area contributed by atoms with Crippen LogP contribution in [0.3, 0.4) is 0 Å². The Balaban J connectivity index is 0.875. The SMILES string of the molecule is CCc1cnc(N[C@H](C(=O)N2CCC[C@H]2C2=NC=C(c3ccc(-c4ccc(-c5cnc([C@@H]6CCCN6C(=O)[C@@H](Nc6ncc(CC)cn6)C(C)C)[nH]5)cc4)cc3)C2)C(C)C)nc1. The van der Waals surface area contributed by atoms with E-state index in [1.165, 1.54) is 0 Å². The number of benzene rings is 2. The predicted molar refractivity (Wildman–Crippen MR) is 245 cm³/mol. The first-order valence-corrected chi connectivity index (χ1v) is 22.4. The number of allylic oxidation sites excluding steroid dienone is 1. The van der Waals surface area contributed by atoms with Crippen LogP contribution in [0.4, 0.5) is 11.9 Å². The Morgan fingerprint density at radius 3 is 1.61 bits per heavy atom. The zero-order chi connectivity index (χ0) is 43.3. The van der Waals surface area contributed by atoms with Crippen LogP contribution in [0, 0.1) is 11.8 Å². The summed E-state index contributed by atoms with van der Waals surface area (Å²) in [5.41, 5.74) is 9.65. The van der Waals surface area contributed by atoms with Crippen molar-refractivity contribution in [1.82, 2.24) is 39.7 Å². The molecule has 5 aromatic rings. The summed E-state index contributed by atoms with van der Waals surface area (Å²) < 4.78 is 0. The molecular weight excluding hydrogens is 775 g/mol. The molecule has 3 aromatic heterocycles. The van der Waals surface area contributed by atoms with E-state index in [0.717, 1.165) is 108 Å². The van der Waals surface area contributed by atoms with Gasteiger partial charge in [0.2, 0.25) is 23.7 Å². The maximum Gasteiger partial charge on any atom is 0.246 e. The number of likely N-dealkylation sites (tertiary alicyclic amines) is 2. The van der Waals surface area contributed by atoms with E-state index in [1.807, 2.05) is 60.8 Å². The molecule has 0 spiro atoms. The summed E-state index contributed by atoms with van der Waals surface area (Å²) in [6, 6.07) is 16.1. The maximum atomic E-state index is 14.0. The second kappa shape index (κ2) is 18.8. The number of hydrogen-bond acceptors (Lipinski definition) is 10. The van der Waals surface area contributed by atoms with Crippen LogP contribution in [0.1, 0.15) is 102 Å². The normalized spacial score (nSPS) is 18.6. The number of aryl methyl sites for hydroxylation is 2. The number of aromatic nitrogens is 6. The van der Waals surface area contributed by atoms with Gasteiger partial charge in [0.1, 0.15) is 17.9 Å². The van der Waals surface area contributed by atoms with Crippen molar-refractivity contribution in [3.8, 4) is 22.4 Å². The molecule has 0 bridgehead atoms. The number of aromatic amines is 1.